The van der Waals surface area contributed by atoms with Crippen molar-refractivity contribution in [3.05, 3.63) is 72.1 Å². The lowest BCUT2D eigenvalue weighted by Gasteiger charge is -2.13. The molecule has 0 atom stereocenters. The Morgan fingerprint density at radius 3 is 2.79 bits per heavy atom. The summed E-state index contributed by atoms with van der Waals surface area (Å²) >= 11 is 0. The Kier molecular flexibility index (Phi) is 4.47. The van der Waals surface area contributed by atoms with Gasteiger partial charge >= 0.3 is 0 Å². The Hall–Kier alpha value is -4.47. The van der Waals surface area contributed by atoms with Gasteiger partial charge in [-0.15, -0.1) is 0 Å². The highest BCUT2D eigenvalue weighted by Gasteiger charge is 2.18. The molecule has 0 spiro atoms. The summed E-state index contributed by atoms with van der Waals surface area (Å²) in [4.78, 5) is 13.0. The van der Waals surface area contributed by atoms with E-state index in [-0.39, 0.29) is 5.69 Å². The second kappa shape index (κ2) is 7.55. The molecule has 0 saturated heterocycles. The lowest BCUT2D eigenvalue weighted by molar-refractivity contribution is 0.637. The molecule has 5 aromatic rings. The van der Waals surface area contributed by atoms with Crippen molar-refractivity contribution < 1.29 is 4.39 Å². The smallest absolute Gasteiger partial charge is 0.154 e. The monoisotopic (exact) mass is 455 g/mol. The number of hydrogen-bond donors (Lipinski definition) is 3. The van der Waals surface area contributed by atoms with E-state index >= 15 is 4.39 Å². The van der Waals surface area contributed by atoms with Crippen LogP contribution in [0.1, 0.15) is 17.1 Å². The maximum absolute atomic E-state index is 15.2. The van der Waals surface area contributed by atoms with Crippen molar-refractivity contribution in [1.29, 1.82) is 0 Å². The van der Waals surface area contributed by atoms with Crippen molar-refractivity contribution in [3.8, 4) is 11.1 Å². The van der Waals surface area contributed by atoms with Gasteiger partial charge in [0.15, 0.2) is 11.6 Å². The molecule has 0 bridgehead atoms. The first-order valence-electron chi connectivity index (χ1n) is 10.9. The number of hydrogen-bond acceptors (Lipinski definition) is 7. The highest BCUT2D eigenvalue weighted by Crippen LogP contribution is 2.36. The molecule has 170 valence electrons. The van der Waals surface area contributed by atoms with Gasteiger partial charge in [0, 0.05) is 66.0 Å². The third-order valence-corrected chi connectivity index (χ3v) is 6.36. The Bertz CT molecular complexity index is 1570. The summed E-state index contributed by atoms with van der Waals surface area (Å²) in [5, 5.41) is 9.24. The van der Waals surface area contributed by atoms with E-state index in [0.717, 1.165) is 35.4 Å². The molecule has 10 heteroatoms. The maximum Gasteiger partial charge on any atom is 0.154 e. The molecule has 0 unspecified atom stereocenters. The number of pyridine rings is 2. The van der Waals surface area contributed by atoms with Crippen LogP contribution >= 0.6 is 0 Å². The van der Waals surface area contributed by atoms with Gasteiger partial charge < -0.3 is 21.4 Å². The highest BCUT2D eigenvalue weighted by atomic mass is 19.1. The number of nitrogens with two attached hydrogens (primary N) is 2. The van der Waals surface area contributed by atoms with Crippen molar-refractivity contribution in [1.82, 2.24) is 29.3 Å². The van der Waals surface area contributed by atoms with Crippen LogP contribution < -0.4 is 16.8 Å². The lowest BCUT2D eigenvalue weighted by Crippen LogP contribution is -2.06. The molecule has 0 amide bonds. The number of aromatic nitrogens is 6. The SMILES string of the molecule is Cc1c(N)cncc1-c1cc2cc(Nc3cc4n(n3)Cc3nccn3CC4)ncc2c(N)c1F. The average molecular weight is 456 g/mol. The molecule has 5 heterocycles. The summed E-state index contributed by atoms with van der Waals surface area (Å²) in [7, 11) is 0. The Labute approximate surface area is 194 Å². The van der Waals surface area contributed by atoms with Crippen LogP contribution in [0.25, 0.3) is 21.9 Å². The van der Waals surface area contributed by atoms with Crippen molar-refractivity contribution in [3.63, 3.8) is 0 Å². The van der Waals surface area contributed by atoms with E-state index in [1.165, 1.54) is 0 Å². The Morgan fingerprint density at radius 1 is 1.03 bits per heavy atom. The summed E-state index contributed by atoms with van der Waals surface area (Å²) < 4.78 is 19.3. The second-order valence-electron chi connectivity index (χ2n) is 8.43. The van der Waals surface area contributed by atoms with Crippen molar-refractivity contribution in [2.24, 2.45) is 0 Å². The minimum atomic E-state index is -0.512. The number of imidazole rings is 1. The molecule has 34 heavy (non-hydrogen) atoms. The number of nitrogens with zero attached hydrogens (tertiary/aromatic N) is 6. The molecule has 6 rings (SSSR count). The highest BCUT2D eigenvalue weighted by molar-refractivity contribution is 5.98. The third-order valence-electron chi connectivity index (χ3n) is 6.36. The van der Waals surface area contributed by atoms with Crippen LogP contribution in [0.4, 0.5) is 27.4 Å². The van der Waals surface area contributed by atoms with Crippen LogP contribution in [0, 0.1) is 12.7 Å². The fourth-order valence-corrected chi connectivity index (χ4v) is 4.42. The van der Waals surface area contributed by atoms with Crippen LogP contribution in [0.2, 0.25) is 0 Å². The van der Waals surface area contributed by atoms with E-state index in [1.807, 2.05) is 36.1 Å². The molecule has 0 fully saturated rings. The summed E-state index contributed by atoms with van der Waals surface area (Å²) in [5.41, 5.74) is 15.5. The average Bonchev–Trinajstić information content (AvgIpc) is 3.39. The van der Waals surface area contributed by atoms with Gasteiger partial charge in [-0.05, 0) is 30.0 Å². The largest absolute Gasteiger partial charge is 0.397 e. The second-order valence-corrected chi connectivity index (χ2v) is 8.43. The van der Waals surface area contributed by atoms with Crippen molar-refractivity contribution in [2.45, 2.75) is 26.4 Å². The van der Waals surface area contributed by atoms with Crippen LogP contribution in [0.3, 0.4) is 0 Å². The van der Waals surface area contributed by atoms with Gasteiger partial charge in [-0.1, -0.05) is 0 Å². The number of fused-ring (bicyclic) bond motifs is 3. The minimum absolute atomic E-state index is 0.0394. The predicted octanol–water partition coefficient (Wildman–Crippen LogP) is 3.65. The number of nitrogen functional groups attached to an aromatic ring is 2. The number of rotatable bonds is 3. The first-order valence-corrected chi connectivity index (χ1v) is 10.9. The third kappa shape index (κ3) is 3.22. The summed E-state index contributed by atoms with van der Waals surface area (Å²) in [6, 6.07) is 5.60. The van der Waals surface area contributed by atoms with E-state index < -0.39 is 5.82 Å². The molecule has 0 radical (unpaired) electrons. The van der Waals surface area contributed by atoms with Gasteiger partial charge in [0.1, 0.15) is 11.6 Å². The van der Waals surface area contributed by atoms with Gasteiger partial charge in [0.25, 0.3) is 0 Å². The molecule has 5 N–H and O–H groups in total. The van der Waals surface area contributed by atoms with Crippen molar-refractivity contribution in [2.75, 3.05) is 16.8 Å². The normalized spacial score (nSPS) is 12.9. The number of nitrogens with one attached hydrogen (secondary N) is 1. The molecular formula is C24H22FN9. The topological polar surface area (TPSA) is 125 Å². The van der Waals surface area contributed by atoms with Crippen LogP contribution in [0.5, 0.6) is 0 Å². The van der Waals surface area contributed by atoms with E-state index in [1.54, 1.807) is 24.7 Å². The zero-order valence-corrected chi connectivity index (χ0v) is 18.5. The summed E-state index contributed by atoms with van der Waals surface area (Å²) in [6.45, 7) is 3.31. The molecule has 1 aliphatic rings. The van der Waals surface area contributed by atoms with E-state index in [9.17, 15) is 0 Å². The number of aryl methyl sites for hydroxylation is 2. The van der Waals surface area contributed by atoms with E-state index in [4.69, 9.17) is 11.5 Å². The van der Waals surface area contributed by atoms with Crippen molar-refractivity contribution >= 4 is 33.8 Å². The molecular weight excluding hydrogens is 433 g/mol. The first kappa shape index (κ1) is 20.2. The number of halogens is 1. The standard InChI is InChI=1S/C24H22FN9/c1-13-17(9-28-11-19(13)26)16-6-14-7-20(30-10-18(14)24(27)23(16)25)31-21-8-15-2-4-33-5-3-29-22(33)12-34(15)32-21/h3,5-11H,2,4,12,26-27H2,1H3,(H,30,31,32). The fourth-order valence-electron chi connectivity index (χ4n) is 4.42. The van der Waals surface area contributed by atoms with Gasteiger partial charge in [-0.25, -0.2) is 14.4 Å². The predicted molar refractivity (Wildman–Crippen MR) is 129 cm³/mol. The molecule has 4 aromatic heterocycles. The van der Waals surface area contributed by atoms with Crippen LogP contribution in [0.15, 0.2) is 49.2 Å². The van der Waals surface area contributed by atoms with Gasteiger partial charge in [0.05, 0.1) is 24.1 Å². The van der Waals surface area contributed by atoms with Gasteiger partial charge in [-0.2, -0.15) is 5.10 Å². The molecule has 9 nitrogen and oxygen atoms in total. The Balaban J connectivity index is 1.36. The van der Waals surface area contributed by atoms with E-state index in [0.29, 0.717) is 40.4 Å². The van der Waals surface area contributed by atoms with Crippen LogP contribution in [-0.2, 0) is 19.5 Å². The lowest BCUT2D eigenvalue weighted by atomic mass is 9.97. The number of benzene rings is 1. The minimum Gasteiger partial charge on any atom is -0.397 e. The zero-order chi connectivity index (χ0) is 23.4. The maximum atomic E-state index is 15.2. The van der Waals surface area contributed by atoms with Gasteiger partial charge in [-0.3, -0.25) is 9.67 Å². The quantitative estimate of drug-likeness (QED) is 0.355. The number of anilines is 4. The Morgan fingerprint density at radius 2 is 1.91 bits per heavy atom. The molecule has 1 aromatic carbocycles. The van der Waals surface area contributed by atoms with Gasteiger partial charge in [0.2, 0.25) is 0 Å². The molecule has 0 saturated carbocycles. The fraction of sp³-hybridized carbons (Fsp3) is 0.167. The summed E-state index contributed by atoms with van der Waals surface area (Å²) in [5.74, 6) is 1.74. The molecule has 0 aliphatic carbocycles. The molecule has 1 aliphatic heterocycles. The van der Waals surface area contributed by atoms with Crippen LogP contribution in [-0.4, -0.2) is 29.3 Å². The van der Waals surface area contributed by atoms with E-state index in [2.05, 4.69) is 29.9 Å². The summed E-state index contributed by atoms with van der Waals surface area (Å²) in [6.07, 6.45) is 9.38. The zero-order valence-electron chi connectivity index (χ0n) is 18.5. The first-order chi connectivity index (χ1) is 16.5.